The maximum Gasteiger partial charge on any atom is 0.407 e. The summed E-state index contributed by atoms with van der Waals surface area (Å²) in [6, 6.07) is -0.102. The Morgan fingerprint density at radius 1 is 1.00 bits per heavy atom. The Labute approximate surface area is 187 Å². The molecule has 2 atom stereocenters. The maximum absolute atomic E-state index is 12.7. The number of carbonyl (C=O) groups excluding carboxylic acids is 2. The molecule has 0 aromatic heterocycles. The van der Waals surface area contributed by atoms with Gasteiger partial charge >= 0.3 is 6.09 Å². The minimum Gasteiger partial charge on any atom is -0.450 e. The molecule has 2 N–H and O–H groups in total. The SMILES string of the molecule is CCOC(=O)NC(CNC(=NC)N1CCN(C(C)C(=O)N2CCCC2)CC1)CC(C)C. The number of hydrogen-bond donors (Lipinski definition) is 2. The number of amides is 2. The Balaban J connectivity index is 1.83. The van der Waals surface area contributed by atoms with E-state index in [9.17, 15) is 9.59 Å². The Hall–Kier alpha value is -2.03. The number of guanidine groups is 1. The van der Waals surface area contributed by atoms with Crippen LogP contribution in [0, 0.1) is 5.92 Å². The van der Waals surface area contributed by atoms with E-state index in [0.717, 1.165) is 64.5 Å². The summed E-state index contributed by atoms with van der Waals surface area (Å²) in [5.41, 5.74) is 0. The van der Waals surface area contributed by atoms with E-state index in [2.05, 4.69) is 39.3 Å². The summed E-state index contributed by atoms with van der Waals surface area (Å²) >= 11 is 0. The van der Waals surface area contributed by atoms with Crippen LogP contribution in [0.5, 0.6) is 0 Å². The molecule has 0 aromatic rings. The molecule has 0 aliphatic carbocycles. The minimum absolute atomic E-state index is 0.0322. The van der Waals surface area contributed by atoms with Gasteiger partial charge < -0.3 is 25.2 Å². The molecule has 2 fully saturated rings. The Bertz CT molecular complexity index is 598. The molecule has 0 radical (unpaired) electrons. The molecule has 2 aliphatic heterocycles. The number of likely N-dealkylation sites (tertiary alicyclic amines) is 1. The number of nitrogens with one attached hydrogen (secondary N) is 2. The molecule has 2 rings (SSSR count). The zero-order valence-electron chi connectivity index (χ0n) is 20.0. The van der Waals surface area contributed by atoms with Crippen LogP contribution in [-0.4, -0.2) is 104 Å². The largest absolute Gasteiger partial charge is 0.450 e. The number of ether oxygens (including phenoxy) is 1. The van der Waals surface area contributed by atoms with Crippen molar-refractivity contribution in [3.63, 3.8) is 0 Å². The van der Waals surface area contributed by atoms with Gasteiger partial charge in [-0.3, -0.25) is 14.7 Å². The second-order valence-corrected chi connectivity index (χ2v) is 8.85. The number of alkyl carbamates (subject to hydrolysis) is 1. The lowest BCUT2D eigenvalue weighted by Crippen LogP contribution is -2.58. The highest BCUT2D eigenvalue weighted by Gasteiger charge is 2.30. The van der Waals surface area contributed by atoms with Crippen LogP contribution in [0.25, 0.3) is 0 Å². The van der Waals surface area contributed by atoms with Crippen molar-refractivity contribution < 1.29 is 14.3 Å². The van der Waals surface area contributed by atoms with Gasteiger partial charge in [0.1, 0.15) is 0 Å². The van der Waals surface area contributed by atoms with Gasteiger partial charge in [-0.2, -0.15) is 0 Å². The van der Waals surface area contributed by atoms with Gasteiger partial charge in [-0.25, -0.2) is 4.79 Å². The van der Waals surface area contributed by atoms with Gasteiger partial charge in [-0.1, -0.05) is 13.8 Å². The third kappa shape index (κ3) is 7.87. The Morgan fingerprint density at radius 3 is 2.19 bits per heavy atom. The third-order valence-corrected chi connectivity index (χ3v) is 6.01. The van der Waals surface area contributed by atoms with Gasteiger partial charge in [0, 0.05) is 58.9 Å². The molecule has 0 bridgehead atoms. The topological polar surface area (TPSA) is 89.5 Å². The number of nitrogens with zero attached hydrogens (tertiary/aromatic N) is 4. The van der Waals surface area contributed by atoms with Crippen molar-refractivity contribution in [1.29, 1.82) is 0 Å². The number of carbonyl (C=O) groups is 2. The van der Waals surface area contributed by atoms with Gasteiger partial charge in [0.25, 0.3) is 0 Å². The molecule has 0 saturated carbocycles. The first-order chi connectivity index (χ1) is 14.8. The van der Waals surface area contributed by atoms with E-state index in [1.54, 1.807) is 14.0 Å². The molecule has 2 unspecified atom stereocenters. The summed E-state index contributed by atoms with van der Waals surface area (Å²) in [4.78, 5) is 35.5. The van der Waals surface area contributed by atoms with E-state index >= 15 is 0 Å². The molecular formula is C22H42N6O3. The lowest BCUT2D eigenvalue weighted by atomic mass is 10.0. The van der Waals surface area contributed by atoms with E-state index in [-0.39, 0.29) is 24.1 Å². The molecule has 31 heavy (non-hydrogen) atoms. The fraction of sp³-hybridized carbons (Fsp3) is 0.864. The lowest BCUT2D eigenvalue weighted by Gasteiger charge is -2.39. The van der Waals surface area contributed by atoms with Gasteiger partial charge in [-0.05, 0) is 39.0 Å². The molecule has 2 aliphatic rings. The highest BCUT2D eigenvalue weighted by Crippen LogP contribution is 2.14. The monoisotopic (exact) mass is 438 g/mol. The van der Waals surface area contributed by atoms with Gasteiger partial charge in [-0.15, -0.1) is 0 Å². The average Bonchev–Trinajstić information content (AvgIpc) is 3.28. The molecule has 9 heteroatoms. The molecule has 2 amide bonds. The van der Waals surface area contributed by atoms with Crippen LogP contribution in [-0.2, 0) is 9.53 Å². The lowest BCUT2D eigenvalue weighted by molar-refractivity contribution is -0.135. The summed E-state index contributed by atoms with van der Waals surface area (Å²) in [6.45, 7) is 14.2. The van der Waals surface area contributed by atoms with Crippen LogP contribution < -0.4 is 10.6 Å². The third-order valence-electron chi connectivity index (χ3n) is 6.01. The molecule has 0 aromatic carbocycles. The number of aliphatic imine (C=N–C) groups is 1. The smallest absolute Gasteiger partial charge is 0.407 e. The highest BCUT2D eigenvalue weighted by molar-refractivity contribution is 5.82. The van der Waals surface area contributed by atoms with Crippen LogP contribution in [0.3, 0.4) is 0 Å². The Morgan fingerprint density at radius 2 is 1.65 bits per heavy atom. The van der Waals surface area contributed by atoms with Crippen molar-refractivity contribution in [2.24, 2.45) is 10.9 Å². The summed E-state index contributed by atoms with van der Waals surface area (Å²) < 4.78 is 5.04. The first-order valence-electron chi connectivity index (χ1n) is 11.8. The first-order valence-corrected chi connectivity index (χ1v) is 11.8. The van der Waals surface area contributed by atoms with Crippen LogP contribution in [0.1, 0.15) is 47.0 Å². The summed E-state index contributed by atoms with van der Waals surface area (Å²) in [7, 11) is 1.78. The van der Waals surface area contributed by atoms with Crippen molar-refractivity contribution in [3.05, 3.63) is 0 Å². The molecule has 2 saturated heterocycles. The van der Waals surface area contributed by atoms with Gasteiger partial charge in [0.15, 0.2) is 5.96 Å². The zero-order chi connectivity index (χ0) is 22.8. The fourth-order valence-electron chi connectivity index (χ4n) is 4.33. The van der Waals surface area contributed by atoms with Crippen molar-refractivity contribution in [2.75, 3.05) is 59.5 Å². The average molecular weight is 439 g/mol. The second kappa shape index (κ2) is 12.7. The Kier molecular flexibility index (Phi) is 10.4. The molecule has 0 spiro atoms. The van der Waals surface area contributed by atoms with Crippen LogP contribution in [0.2, 0.25) is 0 Å². The number of rotatable bonds is 8. The molecular weight excluding hydrogens is 396 g/mol. The van der Waals surface area contributed by atoms with E-state index in [1.165, 1.54) is 0 Å². The quantitative estimate of drug-likeness (QED) is 0.439. The second-order valence-electron chi connectivity index (χ2n) is 8.85. The van der Waals surface area contributed by atoms with E-state index in [0.29, 0.717) is 19.1 Å². The van der Waals surface area contributed by atoms with Gasteiger partial charge in [0.05, 0.1) is 12.6 Å². The van der Waals surface area contributed by atoms with Crippen molar-refractivity contribution in [2.45, 2.75) is 59.0 Å². The summed E-state index contributed by atoms with van der Waals surface area (Å²) in [6.07, 6.45) is 2.72. The standard InChI is InChI=1S/C22H42N6O3/c1-6-31-22(30)25-19(15-17(2)3)16-24-21(23-5)28-13-11-26(12-14-28)18(4)20(29)27-9-7-8-10-27/h17-19H,6-16H2,1-5H3,(H,23,24)(H,25,30). The number of piperazine rings is 1. The first kappa shape index (κ1) is 25.2. The van der Waals surface area contributed by atoms with Crippen molar-refractivity contribution >= 4 is 18.0 Å². The number of hydrogen-bond acceptors (Lipinski definition) is 5. The summed E-state index contributed by atoms with van der Waals surface area (Å²) in [5, 5.41) is 6.36. The van der Waals surface area contributed by atoms with Gasteiger partial charge in [0.2, 0.25) is 5.91 Å². The van der Waals surface area contributed by atoms with E-state index < -0.39 is 0 Å². The van der Waals surface area contributed by atoms with Crippen LogP contribution >= 0.6 is 0 Å². The normalized spacial score (nSPS) is 20.0. The van der Waals surface area contributed by atoms with Crippen LogP contribution in [0.15, 0.2) is 4.99 Å². The fourth-order valence-corrected chi connectivity index (χ4v) is 4.33. The summed E-state index contributed by atoms with van der Waals surface area (Å²) in [5.74, 6) is 1.54. The highest BCUT2D eigenvalue weighted by atomic mass is 16.5. The minimum atomic E-state index is -0.379. The zero-order valence-corrected chi connectivity index (χ0v) is 20.0. The molecule has 2 heterocycles. The predicted molar refractivity (Wildman–Crippen MR) is 123 cm³/mol. The predicted octanol–water partition coefficient (Wildman–Crippen LogP) is 1.35. The van der Waals surface area contributed by atoms with E-state index in [1.807, 2.05) is 11.8 Å². The molecule has 9 nitrogen and oxygen atoms in total. The maximum atomic E-state index is 12.7. The molecule has 178 valence electrons. The van der Waals surface area contributed by atoms with Crippen molar-refractivity contribution in [3.8, 4) is 0 Å². The van der Waals surface area contributed by atoms with Crippen molar-refractivity contribution in [1.82, 2.24) is 25.3 Å². The van der Waals surface area contributed by atoms with Crippen LogP contribution in [0.4, 0.5) is 4.79 Å². The van der Waals surface area contributed by atoms with E-state index in [4.69, 9.17) is 4.74 Å².